The van der Waals surface area contributed by atoms with Crippen molar-refractivity contribution in [1.82, 2.24) is 4.31 Å². The molecule has 0 amide bonds. The maximum atomic E-state index is 9.74. The number of aliphatic hydroxyl groups excluding tert-OH is 1. The second-order valence-electron chi connectivity index (χ2n) is 5.28. The maximum absolute atomic E-state index is 9.74. The molecule has 0 heterocycles. The topological polar surface area (TPSA) is 110 Å². The summed E-state index contributed by atoms with van der Waals surface area (Å²) < 4.78 is 8.18. The number of aromatic hydroxyl groups is 2. The summed E-state index contributed by atoms with van der Waals surface area (Å²) in [6.45, 7) is 1.94. The molecule has 156 valence electrons. The number of nitrogens with zero attached hydrogens (tertiary/aromatic N) is 3. The Bertz CT molecular complexity index is 838. The van der Waals surface area contributed by atoms with Crippen molar-refractivity contribution >= 4 is 35.3 Å². The molecule has 0 aliphatic rings. The Labute approximate surface area is 186 Å². The van der Waals surface area contributed by atoms with Crippen molar-refractivity contribution in [2.24, 2.45) is 9.98 Å². The second-order valence-corrected chi connectivity index (χ2v) is 6.44. The van der Waals surface area contributed by atoms with Gasteiger partial charge in [0, 0.05) is 0 Å². The Balaban J connectivity index is 3.09. The van der Waals surface area contributed by atoms with E-state index in [0.717, 1.165) is 19.4 Å². The molecule has 0 saturated carbocycles. The summed E-state index contributed by atoms with van der Waals surface area (Å²) in [5.74, 6) is -0.141. The van der Waals surface area contributed by atoms with E-state index in [1.165, 1.54) is 23.5 Å². The van der Waals surface area contributed by atoms with E-state index in [2.05, 4.69) is 34.5 Å². The molecule has 1 aromatic rings. The van der Waals surface area contributed by atoms with Gasteiger partial charge < -0.3 is 0 Å². The molecule has 1 rings (SSSR count). The molecule has 8 nitrogen and oxygen atoms in total. The predicted molar refractivity (Wildman–Crippen MR) is 115 cm³/mol. The number of benzene rings is 1. The monoisotopic (exact) mass is 587 g/mol. The van der Waals surface area contributed by atoms with Gasteiger partial charge in [-0.1, -0.05) is 0 Å². The van der Waals surface area contributed by atoms with Gasteiger partial charge in [-0.05, 0) is 0 Å². The Morgan fingerprint density at radius 2 is 2.10 bits per heavy atom. The van der Waals surface area contributed by atoms with Crippen LogP contribution >= 0.6 is 12.8 Å². The van der Waals surface area contributed by atoms with Crippen molar-refractivity contribution in [3.05, 3.63) is 48.2 Å². The van der Waals surface area contributed by atoms with Gasteiger partial charge in [0.25, 0.3) is 0 Å². The zero-order valence-electron chi connectivity index (χ0n) is 16.0. The van der Waals surface area contributed by atoms with E-state index in [4.69, 9.17) is 9.84 Å². The number of allylic oxidation sites excluding steroid dienone is 4. The van der Waals surface area contributed by atoms with Crippen LogP contribution in [0.15, 0.2) is 58.2 Å². The molecular formula is C19H23N4O4SW-. The molecule has 0 spiro atoms. The van der Waals surface area contributed by atoms with Crippen LogP contribution in [0, 0.1) is 0 Å². The van der Waals surface area contributed by atoms with E-state index in [0.29, 0.717) is 23.6 Å². The number of methoxy groups -OCH3 is 1. The first-order valence-electron chi connectivity index (χ1n) is 8.41. The van der Waals surface area contributed by atoms with Crippen LogP contribution in [0.1, 0.15) is 13.3 Å². The Kier molecular flexibility index (Phi) is 11.7. The normalized spacial score (nSPS) is 12.8. The number of ether oxygens (including phenoxy) is 1. The van der Waals surface area contributed by atoms with Crippen LogP contribution in [-0.2, 0) is 19.4 Å². The summed E-state index contributed by atoms with van der Waals surface area (Å²) >= 11 is 5.47. The van der Waals surface area contributed by atoms with Crippen LogP contribution in [0.25, 0.3) is 0 Å². The van der Waals surface area contributed by atoms with Crippen LogP contribution in [0.3, 0.4) is 0 Å². The van der Waals surface area contributed by atoms with E-state index in [1.807, 2.05) is 25.2 Å². The Morgan fingerprint density at radius 3 is 2.72 bits per heavy atom. The van der Waals surface area contributed by atoms with Gasteiger partial charge >= 0.3 is 187 Å². The molecule has 0 aliphatic carbocycles. The number of phenolic OH excluding ortho intramolecular Hbond substituents is 2. The quantitative estimate of drug-likeness (QED) is 0.0445. The number of aliphatic imine (C=N–C) groups is 2. The Morgan fingerprint density at radius 1 is 1.38 bits per heavy atom. The number of nitrogens with one attached hydrogen (secondary N) is 1. The molecule has 0 atom stereocenters. The van der Waals surface area contributed by atoms with Crippen molar-refractivity contribution in [2.45, 2.75) is 13.3 Å². The number of phenols is 2. The Hall–Kier alpha value is -2.35. The number of hydrogen-bond acceptors (Lipinski definition) is 6. The third-order valence-corrected chi connectivity index (χ3v) is 3.96. The van der Waals surface area contributed by atoms with E-state index < -0.39 is 0 Å². The van der Waals surface area contributed by atoms with E-state index >= 15 is 0 Å². The van der Waals surface area contributed by atoms with Gasteiger partial charge in [0.2, 0.25) is 0 Å². The van der Waals surface area contributed by atoms with Gasteiger partial charge in [0.05, 0.1) is 0 Å². The minimum absolute atomic E-state index is 0.0501. The van der Waals surface area contributed by atoms with Gasteiger partial charge in [-0.25, -0.2) is 0 Å². The molecule has 0 aromatic heterocycles. The van der Waals surface area contributed by atoms with E-state index in [9.17, 15) is 10.2 Å². The fraction of sp³-hybridized carbons (Fsp3) is 0.211. The third kappa shape index (κ3) is 8.68. The van der Waals surface area contributed by atoms with E-state index in [1.54, 1.807) is 16.7 Å². The number of aliphatic hydroxyl groups is 1. The standard InChI is InChI=1S/C19H23N4O4S.W/c1-4-5-8-14(9-6-7-10-24)23(28)13-21-19(20-2)22-15-11-16(25)17(26)12-18(15)27-3;/h2,4-6,8-9,11-12,22,24-26,28H,7,10H2,1,3H3;/q-1;/b5-4-,9-6-,14-8+;. The van der Waals surface area contributed by atoms with Crippen LogP contribution < -0.4 is 10.1 Å². The van der Waals surface area contributed by atoms with Gasteiger partial charge in [0.1, 0.15) is 0 Å². The zero-order chi connectivity index (χ0) is 21.6. The fourth-order valence-electron chi connectivity index (χ4n) is 1.91. The molecule has 0 fully saturated rings. The zero-order valence-corrected chi connectivity index (χ0v) is 19.8. The first kappa shape index (κ1) is 24.7. The van der Waals surface area contributed by atoms with Crippen LogP contribution in [0.4, 0.5) is 5.69 Å². The summed E-state index contributed by atoms with van der Waals surface area (Å²) in [5.41, 5.74) is 1.04. The number of thiol groups is 1. The van der Waals surface area contributed by atoms with Crippen LogP contribution in [0.2, 0.25) is 0 Å². The average molecular weight is 587 g/mol. The summed E-state index contributed by atoms with van der Waals surface area (Å²) in [4.78, 5) is 8.33. The first-order valence-corrected chi connectivity index (χ1v) is 10.5. The van der Waals surface area contributed by atoms with Gasteiger partial charge in [-0.2, -0.15) is 0 Å². The van der Waals surface area contributed by atoms with Crippen molar-refractivity contribution < 1.29 is 39.4 Å². The third-order valence-electron chi connectivity index (χ3n) is 3.26. The average Bonchev–Trinajstić information content (AvgIpc) is 2.71. The van der Waals surface area contributed by atoms with Gasteiger partial charge in [-0.3, -0.25) is 0 Å². The predicted octanol–water partition coefficient (Wildman–Crippen LogP) is 2.63. The molecule has 10 heteroatoms. The molecule has 4 N–H and O–H groups in total. The summed E-state index contributed by atoms with van der Waals surface area (Å²) in [5, 5.41) is 31.2. The molecule has 1 aromatic carbocycles. The van der Waals surface area contributed by atoms with Crippen molar-refractivity contribution in [3.8, 4) is 17.2 Å². The van der Waals surface area contributed by atoms with Crippen molar-refractivity contribution in [2.75, 3.05) is 19.0 Å². The first-order chi connectivity index (χ1) is 14.0. The number of guanidine groups is 1. The van der Waals surface area contributed by atoms with Gasteiger partial charge in [-0.15, -0.1) is 0 Å². The summed E-state index contributed by atoms with van der Waals surface area (Å²) in [6.07, 6.45) is 12.4. The van der Waals surface area contributed by atoms with Crippen LogP contribution in [-0.4, -0.2) is 50.2 Å². The van der Waals surface area contributed by atoms with Crippen molar-refractivity contribution in [1.29, 1.82) is 0 Å². The van der Waals surface area contributed by atoms with Crippen molar-refractivity contribution in [3.63, 3.8) is 0 Å². The summed E-state index contributed by atoms with van der Waals surface area (Å²) in [6, 6.07) is 2.58. The molecular weight excluding hydrogens is 564 g/mol. The number of rotatable bonds is 9. The minimum atomic E-state index is -0.312. The molecule has 0 radical (unpaired) electrons. The van der Waals surface area contributed by atoms with Gasteiger partial charge in [0.15, 0.2) is 0 Å². The SMILES string of the molecule is C\C=C/C=C(\C=C/CCO)N(S)[C-]=NC(=N[CH]=[W])Nc1cc(O)c(O)cc1OC. The number of hydrogen-bond donors (Lipinski definition) is 5. The molecule has 29 heavy (non-hydrogen) atoms. The van der Waals surface area contributed by atoms with Crippen LogP contribution in [0.5, 0.6) is 17.2 Å². The summed E-state index contributed by atoms with van der Waals surface area (Å²) in [7, 11) is 1.44. The fourth-order valence-corrected chi connectivity index (χ4v) is 2.44. The molecule has 0 bridgehead atoms. The van der Waals surface area contributed by atoms with E-state index in [-0.39, 0.29) is 24.1 Å². The molecule has 0 saturated heterocycles. The number of anilines is 1. The molecule has 0 unspecified atom stereocenters. The second kappa shape index (κ2) is 13.8. The molecule has 0 aliphatic heterocycles.